The van der Waals surface area contributed by atoms with Crippen LogP contribution in [0.15, 0.2) is 54.6 Å². The summed E-state index contributed by atoms with van der Waals surface area (Å²) in [6.45, 7) is 9.63. The van der Waals surface area contributed by atoms with Crippen LogP contribution in [0.5, 0.6) is 0 Å². The van der Waals surface area contributed by atoms with Crippen molar-refractivity contribution in [3.05, 3.63) is 71.3 Å². The second kappa shape index (κ2) is 11.2. The summed E-state index contributed by atoms with van der Waals surface area (Å²) in [5, 5.41) is 3.03. The Balaban J connectivity index is 2.03. The molecule has 6 nitrogen and oxygen atoms in total. The van der Waals surface area contributed by atoms with E-state index in [0.717, 1.165) is 24.2 Å². The highest BCUT2D eigenvalue weighted by atomic mass is 32.2. The molecule has 2 aromatic rings. The Labute approximate surface area is 180 Å². The minimum absolute atomic E-state index is 0.0438. The molecule has 2 rings (SSSR count). The van der Waals surface area contributed by atoms with Crippen LogP contribution in [-0.2, 0) is 27.1 Å². The maximum atomic E-state index is 13.0. The van der Waals surface area contributed by atoms with Gasteiger partial charge in [0.15, 0.2) is 0 Å². The van der Waals surface area contributed by atoms with Crippen molar-refractivity contribution < 1.29 is 13.2 Å². The number of sulfonamides is 1. The van der Waals surface area contributed by atoms with Gasteiger partial charge in [-0.2, -0.15) is 0 Å². The highest BCUT2D eigenvalue weighted by Crippen LogP contribution is 2.21. The van der Waals surface area contributed by atoms with Crippen LogP contribution < -0.4 is 10.0 Å². The summed E-state index contributed by atoms with van der Waals surface area (Å²) in [5.41, 5.74) is 2.60. The predicted molar refractivity (Wildman–Crippen MR) is 121 cm³/mol. The van der Waals surface area contributed by atoms with Gasteiger partial charge in [0.2, 0.25) is 15.9 Å². The first kappa shape index (κ1) is 24.1. The Kier molecular flexibility index (Phi) is 9.02. The molecular formula is C23H33N3O3S. The van der Waals surface area contributed by atoms with Crippen molar-refractivity contribution in [3.8, 4) is 0 Å². The maximum absolute atomic E-state index is 13.0. The average molecular weight is 432 g/mol. The molecule has 0 heterocycles. The monoisotopic (exact) mass is 431 g/mol. The van der Waals surface area contributed by atoms with Crippen LogP contribution in [0.2, 0.25) is 0 Å². The number of amides is 1. The number of carbonyl (C=O) groups is 1. The standard InChI is InChI=1S/C23H33N3O3S/c1-5-26(6-2)22(21-10-8-7-9-11-21)23(27)24-16-19-12-14-20(15-13-19)17-30(28,29)25-18(3)4/h7-15,18,22,25H,5-6,16-17H2,1-4H3,(H,24,27). The van der Waals surface area contributed by atoms with Gasteiger partial charge in [0.05, 0.1) is 5.75 Å². The number of likely N-dealkylation sites (N-methyl/N-ethyl adjacent to an activating group) is 1. The molecule has 0 bridgehead atoms. The van der Waals surface area contributed by atoms with Gasteiger partial charge < -0.3 is 5.32 Å². The maximum Gasteiger partial charge on any atom is 0.242 e. The fourth-order valence-electron chi connectivity index (χ4n) is 3.41. The molecule has 0 saturated heterocycles. The molecule has 2 aromatic carbocycles. The molecule has 0 aliphatic carbocycles. The normalized spacial score (nSPS) is 12.9. The Hall–Kier alpha value is -2.22. The minimum atomic E-state index is -3.36. The molecule has 0 aromatic heterocycles. The van der Waals surface area contributed by atoms with Crippen molar-refractivity contribution in [1.82, 2.24) is 14.9 Å². The van der Waals surface area contributed by atoms with E-state index < -0.39 is 10.0 Å². The number of hydrogen-bond acceptors (Lipinski definition) is 4. The summed E-state index contributed by atoms with van der Waals surface area (Å²) in [7, 11) is -3.36. The Morgan fingerprint density at radius 2 is 1.50 bits per heavy atom. The van der Waals surface area contributed by atoms with Crippen molar-refractivity contribution >= 4 is 15.9 Å². The van der Waals surface area contributed by atoms with Crippen molar-refractivity contribution in [2.75, 3.05) is 13.1 Å². The van der Waals surface area contributed by atoms with Crippen LogP contribution in [0.25, 0.3) is 0 Å². The van der Waals surface area contributed by atoms with Crippen molar-refractivity contribution in [2.24, 2.45) is 0 Å². The molecule has 30 heavy (non-hydrogen) atoms. The van der Waals surface area contributed by atoms with E-state index in [0.29, 0.717) is 12.1 Å². The van der Waals surface area contributed by atoms with Gasteiger partial charge in [-0.3, -0.25) is 9.69 Å². The summed E-state index contributed by atoms with van der Waals surface area (Å²) in [6, 6.07) is 16.6. The number of nitrogens with zero attached hydrogens (tertiary/aromatic N) is 1. The van der Waals surface area contributed by atoms with Gasteiger partial charge in [-0.05, 0) is 43.6 Å². The lowest BCUT2D eigenvalue weighted by Crippen LogP contribution is -2.40. The molecule has 7 heteroatoms. The van der Waals surface area contributed by atoms with Gasteiger partial charge in [0.1, 0.15) is 6.04 Å². The molecular weight excluding hydrogens is 398 g/mol. The Morgan fingerprint density at radius 3 is 2.03 bits per heavy atom. The second-order valence-corrected chi connectivity index (χ2v) is 9.35. The minimum Gasteiger partial charge on any atom is -0.350 e. The van der Waals surface area contributed by atoms with E-state index in [-0.39, 0.29) is 23.7 Å². The molecule has 0 spiro atoms. The van der Waals surface area contributed by atoms with Gasteiger partial charge in [-0.25, -0.2) is 13.1 Å². The second-order valence-electron chi connectivity index (χ2n) is 7.60. The smallest absolute Gasteiger partial charge is 0.242 e. The fraction of sp³-hybridized carbons (Fsp3) is 0.435. The Bertz CT molecular complexity index is 893. The molecule has 1 unspecified atom stereocenters. The van der Waals surface area contributed by atoms with E-state index in [2.05, 4.69) is 14.9 Å². The lowest BCUT2D eigenvalue weighted by atomic mass is 10.0. The third kappa shape index (κ3) is 7.23. The van der Waals surface area contributed by atoms with Crippen molar-refractivity contribution in [3.63, 3.8) is 0 Å². The molecule has 2 N–H and O–H groups in total. The van der Waals surface area contributed by atoms with E-state index in [4.69, 9.17) is 0 Å². The van der Waals surface area contributed by atoms with E-state index >= 15 is 0 Å². The number of benzene rings is 2. The molecule has 164 valence electrons. The third-order valence-corrected chi connectivity index (χ3v) is 6.35. The van der Waals surface area contributed by atoms with Crippen LogP contribution in [0.1, 0.15) is 50.4 Å². The molecule has 0 radical (unpaired) electrons. The quantitative estimate of drug-likeness (QED) is 0.573. The first-order valence-corrected chi connectivity index (χ1v) is 12.1. The molecule has 0 fully saturated rings. The third-order valence-electron chi connectivity index (χ3n) is 4.80. The summed E-state index contributed by atoms with van der Waals surface area (Å²) < 4.78 is 26.7. The molecule has 0 saturated carbocycles. The predicted octanol–water partition coefficient (Wildman–Crippen LogP) is 3.21. The van der Waals surface area contributed by atoms with Gasteiger partial charge in [0, 0.05) is 12.6 Å². The summed E-state index contributed by atoms with van der Waals surface area (Å²) >= 11 is 0. The number of carbonyl (C=O) groups excluding carboxylic acids is 1. The van der Waals surface area contributed by atoms with Crippen molar-refractivity contribution in [2.45, 2.75) is 52.1 Å². The SMILES string of the molecule is CCN(CC)C(C(=O)NCc1ccc(CS(=O)(=O)NC(C)C)cc1)c1ccccc1. The average Bonchev–Trinajstić information content (AvgIpc) is 2.70. The van der Waals surface area contributed by atoms with Gasteiger partial charge in [-0.15, -0.1) is 0 Å². The molecule has 1 atom stereocenters. The first-order valence-electron chi connectivity index (χ1n) is 10.4. The largest absolute Gasteiger partial charge is 0.350 e. The lowest BCUT2D eigenvalue weighted by Gasteiger charge is -2.29. The molecule has 0 aliphatic heterocycles. The highest BCUT2D eigenvalue weighted by Gasteiger charge is 2.25. The van der Waals surface area contributed by atoms with Gasteiger partial charge in [-0.1, -0.05) is 68.4 Å². The van der Waals surface area contributed by atoms with Crippen LogP contribution in [0, 0.1) is 0 Å². The van der Waals surface area contributed by atoms with Crippen LogP contribution >= 0.6 is 0 Å². The van der Waals surface area contributed by atoms with E-state index in [1.807, 2.05) is 56.3 Å². The topological polar surface area (TPSA) is 78.5 Å². The zero-order valence-corrected chi connectivity index (χ0v) is 19.1. The zero-order chi connectivity index (χ0) is 22.1. The Morgan fingerprint density at radius 1 is 0.933 bits per heavy atom. The zero-order valence-electron chi connectivity index (χ0n) is 18.3. The molecule has 1 amide bonds. The molecule has 0 aliphatic rings. The van der Waals surface area contributed by atoms with Gasteiger partial charge >= 0.3 is 0 Å². The van der Waals surface area contributed by atoms with Crippen molar-refractivity contribution in [1.29, 1.82) is 0 Å². The summed E-state index contributed by atoms with van der Waals surface area (Å²) in [6.07, 6.45) is 0. The lowest BCUT2D eigenvalue weighted by molar-refractivity contribution is -0.126. The van der Waals surface area contributed by atoms with E-state index in [9.17, 15) is 13.2 Å². The van der Waals surface area contributed by atoms with E-state index in [1.165, 1.54) is 0 Å². The number of nitrogens with one attached hydrogen (secondary N) is 2. The van der Waals surface area contributed by atoms with Gasteiger partial charge in [0.25, 0.3) is 0 Å². The highest BCUT2D eigenvalue weighted by molar-refractivity contribution is 7.88. The number of rotatable bonds is 11. The van der Waals surface area contributed by atoms with Crippen LogP contribution in [0.3, 0.4) is 0 Å². The van der Waals surface area contributed by atoms with E-state index in [1.54, 1.807) is 26.0 Å². The first-order chi connectivity index (χ1) is 14.3. The van der Waals surface area contributed by atoms with Crippen LogP contribution in [-0.4, -0.2) is 38.4 Å². The fourth-order valence-corrected chi connectivity index (χ4v) is 4.84. The summed E-state index contributed by atoms with van der Waals surface area (Å²) in [4.78, 5) is 15.1. The van der Waals surface area contributed by atoms with Crippen LogP contribution in [0.4, 0.5) is 0 Å². The summed E-state index contributed by atoms with van der Waals surface area (Å²) in [5.74, 6) is -0.103. The number of hydrogen-bond donors (Lipinski definition) is 2.